The van der Waals surface area contributed by atoms with Crippen molar-refractivity contribution in [1.82, 2.24) is 9.97 Å². The molecule has 0 bridgehead atoms. The average Bonchev–Trinajstić information content (AvgIpc) is 3.23. The predicted molar refractivity (Wildman–Crippen MR) is 134 cm³/mol. The summed E-state index contributed by atoms with van der Waals surface area (Å²) in [4.78, 5) is 28.1. The maximum absolute atomic E-state index is 11.7. The molecule has 0 fully saturated rings. The number of H-pyrrole nitrogens is 1. The largest absolute Gasteiger partial charge is 0.490 e. The van der Waals surface area contributed by atoms with Crippen molar-refractivity contribution >= 4 is 23.0 Å². The molecule has 3 aromatic carbocycles. The van der Waals surface area contributed by atoms with Gasteiger partial charge in [0.05, 0.1) is 11.1 Å². The van der Waals surface area contributed by atoms with E-state index < -0.39 is 18.1 Å². The van der Waals surface area contributed by atoms with Gasteiger partial charge in [0.25, 0.3) is 0 Å². The molecule has 0 aliphatic carbocycles. The molecule has 9 heteroatoms. The van der Waals surface area contributed by atoms with Crippen molar-refractivity contribution in [1.29, 1.82) is 0 Å². The first kappa shape index (κ1) is 27.0. The first-order valence-electron chi connectivity index (χ1n) is 11.2. The molecule has 0 aliphatic heterocycles. The number of alkyl halides is 3. The molecule has 1 aromatic heterocycles. The van der Waals surface area contributed by atoms with Crippen LogP contribution in [0.1, 0.15) is 34.6 Å². The van der Waals surface area contributed by atoms with E-state index in [0.29, 0.717) is 11.3 Å². The van der Waals surface area contributed by atoms with E-state index >= 15 is 0 Å². The number of carboxylic acids is 2. The van der Waals surface area contributed by atoms with E-state index in [9.17, 15) is 23.1 Å². The number of aliphatic carboxylic acids is 1. The number of aromatic amines is 1. The lowest BCUT2D eigenvalue weighted by atomic mass is 9.94. The van der Waals surface area contributed by atoms with Crippen molar-refractivity contribution < 1.29 is 33.0 Å². The highest BCUT2D eigenvalue weighted by Gasteiger charge is 2.38. The number of terminal acetylenes is 1. The number of unbranched alkanes of at least 4 members (excludes halogenated alkanes) is 1. The van der Waals surface area contributed by atoms with Crippen LogP contribution in [0.5, 0.6) is 0 Å². The molecule has 3 N–H and O–H groups in total. The number of fused-ring (bicyclic) bond motifs is 1. The normalized spacial score (nSPS) is 10.9. The lowest BCUT2D eigenvalue weighted by Crippen LogP contribution is -2.21. The molecule has 4 aromatic rings. The molecule has 0 aliphatic rings. The molecular formula is C28H23F3N2O4. The number of benzene rings is 3. The van der Waals surface area contributed by atoms with Gasteiger partial charge in [-0.1, -0.05) is 48.5 Å². The first-order valence-corrected chi connectivity index (χ1v) is 11.2. The molecule has 1 heterocycles. The molecule has 190 valence electrons. The average molecular weight is 508 g/mol. The van der Waals surface area contributed by atoms with Crippen LogP contribution in [0.3, 0.4) is 0 Å². The summed E-state index contributed by atoms with van der Waals surface area (Å²) in [6.45, 7) is 1.82. The minimum absolute atomic E-state index is 0.204. The second kappa shape index (κ2) is 11.4. The van der Waals surface area contributed by atoms with Crippen LogP contribution in [-0.2, 0) is 11.2 Å². The first-order chi connectivity index (χ1) is 17.5. The number of hydrogen-bond acceptors (Lipinski definition) is 3. The highest BCUT2D eigenvalue weighted by atomic mass is 19.4. The number of hydrogen-bond donors (Lipinski definition) is 3. The summed E-state index contributed by atoms with van der Waals surface area (Å²) in [6.07, 6.45) is 2.99. The van der Waals surface area contributed by atoms with Gasteiger partial charge in [-0.3, -0.25) is 0 Å². The molecule has 0 amide bonds. The van der Waals surface area contributed by atoms with E-state index in [1.54, 1.807) is 6.07 Å². The number of carbonyl (C=O) groups is 2. The third-order valence-corrected chi connectivity index (χ3v) is 5.49. The van der Waals surface area contributed by atoms with E-state index in [1.807, 2.05) is 31.2 Å². The van der Waals surface area contributed by atoms with Crippen LogP contribution in [-0.4, -0.2) is 38.3 Å². The summed E-state index contributed by atoms with van der Waals surface area (Å²) in [6, 6.07) is 20.2. The Bertz CT molecular complexity index is 1470. The molecule has 0 radical (unpaired) electrons. The van der Waals surface area contributed by atoms with E-state index in [1.165, 1.54) is 11.1 Å². The fourth-order valence-corrected chi connectivity index (χ4v) is 3.81. The lowest BCUT2D eigenvalue weighted by molar-refractivity contribution is -0.192. The SMILES string of the molecule is C#CCCCc1ccccc1-c1ccc(-c2cc(C(=O)O)c3nc(C)[nH]c3c2)cc1.O=C(O)C(F)(F)F. The van der Waals surface area contributed by atoms with Crippen molar-refractivity contribution in [3.63, 3.8) is 0 Å². The zero-order valence-electron chi connectivity index (χ0n) is 19.8. The number of aromatic nitrogens is 2. The number of aryl methyl sites for hydroxylation is 2. The zero-order chi connectivity index (χ0) is 27.2. The van der Waals surface area contributed by atoms with Crippen LogP contribution in [0.4, 0.5) is 13.2 Å². The van der Waals surface area contributed by atoms with E-state index in [2.05, 4.69) is 46.2 Å². The molecule has 4 rings (SSSR count). The monoisotopic (exact) mass is 508 g/mol. The number of carboxylic acid groups (broad SMARTS) is 2. The van der Waals surface area contributed by atoms with Crippen LogP contribution in [0.2, 0.25) is 0 Å². The van der Waals surface area contributed by atoms with E-state index in [0.717, 1.165) is 41.5 Å². The molecule has 6 nitrogen and oxygen atoms in total. The maximum atomic E-state index is 11.7. The summed E-state index contributed by atoms with van der Waals surface area (Å²) in [5, 5.41) is 16.7. The molecule has 0 spiro atoms. The fourth-order valence-electron chi connectivity index (χ4n) is 3.81. The second-order valence-corrected chi connectivity index (χ2v) is 8.14. The molecule has 0 unspecified atom stereocenters. The summed E-state index contributed by atoms with van der Waals surface area (Å²) < 4.78 is 31.7. The maximum Gasteiger partial charge on any atom is 0.490 e. The number of aromatic carboxylic acids is 1. The van der Waals surface area contributed by atoms with Crippen molar-refractivity contribution in [2.24, 2.45) is 0 Å². The predicted octanol–water partition coefficient (Wildman–Crippen LogP) is 6.49. The number of halogens is 3. The Balaban J connectivity index is 0.000000479. The Morgan fingerprint density at radius 1 is 1.00 bits per heavy atom. The molecule has 0 saturated heterocycles. The van der Waals surface area contributed by atoms with Crippen LogP contribution < -0.4 is 0 Å². The van der Waals surface area contributed by atoms with Gasteiger partial charge in [-0.2, -0.15) is 13.2 Å². The van der Waals surface area contributed by atoms with Gasteiger partial charge in [-0.05, 0) is 59.7 Å². The minimum atomic E-state index is -5.08. The highest BCUT2D eigenvalue weighted by Crippen LogP contribution is 2.30. The van der Waals surface area contributed by atoms with Gasteiger partial charge < -0.3 is 15.2 Å². The summed E-state index contributed by atoms with van der Waals surface area (Å²) in [5.74, 6) is -0.341. The molecule has 0 atom stereocenters. The minimum Gasteiger partial charge on any atom is -0.478 e. The van der Waals surface area contributed by atoms with Crippen LogP contribution in [0, 0.1) is 19.3 Å². The summed E-state index contributed by atoms with van der Waals surface area (Å²) in [7, 11) is 0. The van der Waals surface area contributed by atoms with Crippen molar-refractivity contribution in [3.05, 3.63) is 77.6 Å². The molecular weight excluding hydrogens is 485 g/mol. The highest BCUT2D eigenvalue weighted by molar-refractivity contribution is 6.03. The lowest BCUT2D eigenvalue weighted by Gasteiger charge is -2.11. The van der Waals surface area contributed by atoms with Gasteiger partial charge in [-0.25, -0.2) is 14.6 Å². The Labute approximate surface area is 210 Å². The summed E-state index contributed by atoms with van der Waals surface area (Å²) in [5.41, 5.74) is 6.83. The Kier molecular flexibility index (Phi) is 8.35. The van der Waals surface area contributed by atoms with Crippen molar-refractivity contribution in [2.45, 2.75) is 32.4 Å². The van der Waals surface area contributed by atoms with Gasteiger partial charge in [0.15, 0.2) is 0 Å². The van der Waals surface area contributed by atoms with Crippen molar-refractivity contribution in [3.8, 4) is 34.6 Å². The Hall–Kier alpha value is -4.58. The smallest absolute Gasteiger partial charge is 0.478 e. The van der Waals surface area contributed by atoms with Crippen LogP contribution in [0.15, 0.2) is 60.7 Å². The summed E-state index contributed by atoms with van der Waals surface area (Å²) >= 11 is 0. The van der Waals surface area contributed by atoms with Gasteiger partial charge >= 0.3 is 18.1 Å². The van der Waals surface area contributed by atoms with Crippen LogP contribution >= 0.6 is 0 Å². The molecule has 37 heavy (non-hydrogen) atoms. The second-order valence-electron chi connectivity index (χ2n) is 8.14. The third-order valence-electron chi connectivity index (χ3n) is 5.49. The van der Waals surface area contributed by atoms with Gasteiger partial charge in [0.2, 0.25) is 0 Å². The Morgan fingerprint density at radius 3 is 2.22 bits per heavy atom. The number of rotatable bonds is 6. The van der Waals surface area contributed by atoms with E-state index in [-0.39, 0.29) is 5.56 Å². The third kappa shape index (κ3) is 6.76. The van der Waals surface area contributed by atoms with Crippen molar-refractivity contribution in [2.75, 3.05) is 0 Å². The Morgan fingerprint density at radius 2 is 1.62 bits per heavy atom. The topological polar surface area (TPSA) is 103 Å². The van der Waals surface area contributed by atoms with E-state index in [4.69, 9.17) is 16.3 Å². The standard InChI is InChI=1S/C26H22N2O2.C2HF3O2/c1-3-4-5-8-19-9-6-7-10-22(19)20-13-11-18(12-14-20)21-15-23(26(29)30)25-24(16-21)27-17(2)28-25;3-2(4,5)1(6)7/h1,6-7,9-16H,4-5,8H2,2H3,(H,27,28)(H,29,30);(H,6,7). The fraction of sp³-hybridized carbons (Fsp3) is 0.179. The number of imidazole rings is 1. The van der Waals surface area contributed by atoms with Crippen LogP contribution in [0.25, 0.3) is 33.3 Å². The van der Waals surface area contributed by atoms with Gasteiger partial charge in [0.1, 0.15) is 11.3 Å². The molecule has 0 saturated carbocycles. The number of nitrogens with one attached hydrogen (secondary N) is 1. The number of nitrogens with zero attached hydrogens (tertiary/aromatic N) is 1. The van der Waals surface area contributed by atoms with Gasteiger partial charge in [0, 0.05) is 6.42 Å². The zero-order valence-corrected chi connectivity index (χ0v) is 19.8. The quantitative estimate of drug-likeness (QED) is 0.204. The van der Waals surface area contributed by atoms with Gasteiger partial charge in [-0.15, -0.1) is 12.3 Å².